The molecule has 0 bridgehead atoms. The predicted molar refractivity (Wildman–Crippen MR) is 271 cm³/mol. The average molecular weight is 844 g/mol. The molecule has 0 aliphatic heterocycles. The van der Waals surface area contributed by atoms with Gasteiger partial charge in [0.25, 0.3) is 0 Å². The Hall–Kier alpha value is -8.73. The zero-order chi connectivity index (χ0) is 43.6. The topological polar surface area (TPSA) is 34.2 Å². The van der Waals surface area contributed by atoms with Crippen LogP contribution in [0.1, 0.15) is 22.3 Å². The third kappa shape index (κ3) is 5.89. The van der Waals surface area contributed by atoms with Crippen LogP contribution in [-0.4, -0.2) is 9.55 Å². The minimum absolute atomic E-state index is 0.523. The molecule has 0 saturated heterocycles. The maximum Gasteiger partial charge on any atom is 0.227 e. The number of anilines is 3. The van der Waals surface area contributed by atoms with Gasteiger partial charge in [0, 0.05) is 39.1 Å². The van der Waals surface area contributed by atoms with E-state index in [9.17, 15) is 0 Å². The van der Waals surface area contributed by atoms with Gasteiger partial charge in [0.1, 0.15) is 5.52 Å². The fraction of sp³-hybridized carbons (Fsp3) is 0.0161. The number of hydrogen-bond donors (Lipinski definition) is 0. The lowest BCUT2D eigenvalue weighted by molar-refractivity contribution is 0.620. The van der Waals surface area contributed by atoms with Crippen LogP contribution in [0, 0.1) is 0 Å². The second-order valence-corrected chi connectivity index (χ2v) is 17.1. The molecule has 13 rings (SSSR count). The largest absolute Gasteiger partial charge is 0.436 e. The normalized spacial score (nSPS) is 12.7. The number of hydrogen-bond acceptors (Lipinski definition) is 3. The summed E-state index contributed by atoms with van der Waals surface area (Å²) in [5.74, 6) is 0.605. The number of rotatable bonds is 8. The monoisotopic (exact) mass is 843 g/mol. The molecule has 0 spiro atoms. The standard InChI is InChI=1S/C62H41N3O/c1-4-16-42(17-5-1)43-28-33-48(34-29-43)64(49-35-30-44(31-36-49)61-63-57-26-14-15-27-60(57)66-61)50-37-39-59-54(41-50)53-40-46(32-38-58(53)65(59)47-20-8-3-9-21-47)62(45-18-6-2-7-19-45)55-24-12-10-22-51(55)52-23-11-13-25-56(52)62/h1-41H. The van der Waals surface area contributed by atoms with E-state index in [-0.39, 0.29) is 0 Å². The van der Waals surface area contributed by atoms with Gasteiger partial charge in [-0.1, -0.05) is 158 Å². The van der Waals surface area contributed by atoms with Gasteiger partial charge in [-0.15, -0.1) is 0 Å². The van der Waals surface area contributed by atoms with Crippen LogP contribution in [0.25, 0.3) is 72.3 Å². The highest BCUT2D eigenvalue weighted by Gasteiger charge is 2.46. The molecule has 2 heterocycles. The highest BCUT2D eigenvalue weighted by molar-refractivity contribution is 6.11. The summed E-state index contributed by atoms with van der Waals surface area (Å²) in [5.41, 5.74) is 18.6. The van der Waals surface area contributed by atoms with Crippen molar-refractivity contribution in [3.8, 4) is 39.4 Å². The van der Waals surface area contributed by atoms with E-state index in [4.69, 9.17) is 9.40 Å². The molecule has 0 saturated carbocycles. The van der Waals surface area contributed by atoms with E-state index >= 15 is 0 Å². The van der Waals surface area contributed by atoms with E-state index in [1.54, 1.807) is 0 Å². The van der Waals surface area contributed by atoms with E-state index < -0.39 is 5.41 Å². The number of benzene rings is 10. The van der Waals surface area contributed by atoms with Crippen LogP contribution in [0.3, 0.4) is 0 Å². The molecule has 10 aromatic carbocycles. The van der Waals surface area contributed by atoms with Crippen molar-refractivity contribution >= 4 is 50.0 Å². The van der Waals surface area contributed by atoms with Crippen LogP contribution in [0.5, 0.6) is 0 Å². The highest BCUT2D eigenvalue weighted by Crippen LogP contribution is 2.56. The highest BCUT2D eigenvalue weighted by atomic mass is 16.3. The van der Waals surface area contributed by atoms with Gasteiger partial charge in [0.2, 0.25) is 5.89 Å². The van der Waals surface area contributed by atoms with Gasteiger partial charge in [-0.25, -0.2) is 4.98 Å². The molecular formula is C62H41N3O. The smallest absolute Gasteiger partial charge is 0.227 e. The van der Waals surface area contributed by atoms with Crippen LogP contribution in [0.15, 0.2) is 253 Å². The Balaban J connectivity index is 1.03. The van der Waals surface area contributed by atoms with Gasteiger partial charge >= 0.3 is 0 Å². The molecule has 0 unspecified atom stereocenters. The van der Waals surface area contributed by atoms with Crippen LogP contribution < -0.4 is 4.90 Å². The summed E-state index contributed by atoms with van der Waals surface area (Å²) in [6, 6.07) is 89.8. The molecule has 66 heavy (non-hydrogen) atoms. The van der Waals surface area contributed by atoms with Gasteiger partial charge < -0.3 is 13.9 Å². The third-order valence-corrected chi connectivity index (χ3v) is 13.5. The molecular weight excluding hydrogens is 803 g/mol. The Morgan fingerprint density at radius 2 is 0.909 bits per heavy atom. The molecule has 2 aromatic heterocycles. The summed E-state index contributed by atoms with van der Waals surface area (Å²) in [6.07, 6.45) is 0. The summed E-state index contributed by atoms with van der Waals surface area (Å²) >= 11 is 0. The number of aromatic nitrogens is 2. The summed E-state index contributed by atoms with van der Waals surface area (Å²) in [4.78, 5) is 7.16. The lowest BCUT2D eigenvalue weighted by atomic mass is 9.67. The number of oxazole rings is 1. The van der Waals surface area contributed by atoms with Gasteiger partial charge in [-0.2, -0.15) is 0 Å². The van der Waals surface area contributed by atoms with Crippen molar-refractivity contribution in [2.75, 3.05) is 4.90 Å². The lowest BCUT2D eigenvalue weighted by Crippen LogP contribution is -2.28. The first kappa shape index (κ1) is 37.8. The maximum absolute atomic E-state index is 6.20. The first-order chi connectivity index (χ1) is 32.7. The molecule has 12 aromatic rings. The van der Waals surface area contributed by atoms with Gasteiger partial charge in [0.15, 0.2) is 5.58 Å². The second kappa shape index (κ2) is 15.2. The van der Waals surface area contributed by atoms with E-state index in [1.165, 1.54) is 55.3 Å². The predicted octanol–water partition coefficient (Wildman–Crippen LogP) is 16.1. The van der Waals surface area contributed by atoms with Gasteiger partial charge in [-0.3, -0.25) is 0 Å². The molecule has 310 valence electrons. The number of nitrogens with zero attached hydrogens (tertiary/aromatic N) is 3. The average Bonchev–Trinajstić information content (AvgIpc) is 4.07. The van der Waals surface area contributed by atoms with E-state index in [0.29, 0.717) is 5.89 Å². The van der Waals surface area contributed by atoms with Crippen LogP contribution in [-0.2, 0) is 5.41 Å². The van der Waals surface area contributed by atoms with Crippen molar-refractivity contribution in [1.29, 1.82) is 0 Å². The molecule has 1 aliphatic carbocycles. The first-order valence-electron chi connectivity index (χ1n) is 22.5. The molecule has 0 radical (unpaired) electrons. The van der Waals surface area contributed by atoms with E-state index in [0.717, 1.165) is 50.4 Å². The SMILES string of the molecule is c1ccc(-c2ccc(N(c3ccc(-c4nc5ccccc5o4)cc3)c3ccc4c(c3)c3cc(C5(c6ccccc6)c6ccccc6-c6ccccc65)ccc3n4-c3ccccc3)cc2)cc1. The number of para-hydroxylation sites is 3. The Morgan fingerprint density at radius 3 is 1.58 bits per heavy atom. The zero-order valence-corrected chi connectivity index (χ0v) is 35.9. The van der Waals surface area contributed by atoms with Crippen molar-refractivity contribution in [1.82, 2.24) is 9.55 Å². The molecule has 0 fully saturated rings. The molecule has 0 N–H and O–H groups in total. The summed E-state index contributed by atoms with van der Waals surface area (Å²) in [5, 5.41) is 2.36. The lowest BCUT2D eigenvalue weighted by Gasteiger charge is -2.34. The van der Waals surface area contributed by atoms with Crippen LogP contribution in [0.2, 0.25) is 0 Å². The van der Waals surface area contributed by atoms with Crippen LogP contribution >= 0.6 is 0 Å². The second-order valence-electron chi connectivity index (χ2n) is 17.1. The maximum atomic E-state index is 6.20. The van der Waals surface area contributed by atoms with Crippen molar-refractivity contribution < 1.29 is 4.42 Å². The summed E-state index contributed by atoms with van der Waals surface area (Å²) in [6.45, 7) is 0. The molecule has 4 nitrogen and oxygen atoms in total. The first-order valence-corrected chi connectivity index (χ1v) is 22.5. The summed E-state index contributed by atoms with van der Waals surface area (Å²) < 4.78 is 8.62. The van der Waals surface area contributed by atoms with E-state index in [2.05, 4.69) is 234 Å². The molecule has 1 aliphatic rings. The van der Waals surface area contributed by atoms with Crippen molar-refractivity contribution in [2.45, 2.75) is 5.41 Å². The fourth-order valence-corrected chi connectivity index (χ4v) is 10.6. The molecule has 4 heteroatoms. The Kier molecular flexibility index (Phi) is 8.72. The zero-order valence-electron chi connectivity index (χ0n) is 35.9. The van der Waals surface area contributed by atoms with E-state index in [1.807, 2.05) is 24.3 Å². The third-order valence-electron chi connectivity index (χ3n) is 13.5. The van der Waals surface area contributed by atoms with Gasteiger partial charge in [0.05, 0.1) is 16.4 Å². The Bertz CT molecular complexity index is 3660. The van der Waals surface area contributed by atoms with Crippen molar-refractivity contribution in [2.24, 2.45) is 0 Å². The number of fused-ring (bicyclic) bond motifs is 7. The minimum atomic E-state index is -0.523. The minimum Gasteiger partial charge on any atom is -0.436 e. The Labute approximate surface area is 382 Å². The molecule has 0 atom stereocenters. The van der Waals surface area contributed by atoms with Crippen molar-refractivity contribution in [3.63, 3.8) is 0 Å². The van der Waals surface area contributed by atoms with Crippen molar-refractivity contribution in [3.05, 3.63) is 271 Å². The summed E-state index contributed by atoms with van der Waals surface area (Å²) in [7, 11) is 0. The quantitative estimate of drug-likeness (QED) is 0.153. The Morgan fingerprint density at radius 1 is 0.394 bits per heavy atom. The van der Waals surface area contributed by atoms with Gasteiger partial charge in [-0.05, 0) is 136 Å². The van der Waals surface area contributed by atoms with Crippen LogP contribution in [0.4, 0.5) is 17.1 Å². The molecule has 0 amide bonds. The fourth-order valence-electron chi connectivity index (χ4n) is 10.6.